The Bertz CT molecular complexity index is 697. The van der Waals surface area contributed by atoms with Crippen molar-refractivity contribution in [2.45, 2.75) is 26.7 Å². The van der Waals surface area contributed by atoms with Crippen molar-refractivity contribution in [1.29, 1.82) is 0 Å². The van der Waals surface area contributed by atoms with Crippen LogP contribution in [-0.2, 0) is 0 Å². The molecule has 0 atom stereocenters. The minimum atomic E-state index is 0.331. The summed E-state index contributed by atoms with van der Waals surface area (Å²) >= 11 is 0. The lowest BCUT2D eigenvalue weighted by atomic mass is 10.2. The third kappa shape index (κ3) is 3.55. The maximum absolute atomic E-state index is 5.16. The second kappa shape index (κ2) is 6.98. The van der Waals surface area contributed by atoms with E-state index in [4.69, 9.17) is 9.72 Å². The number of ether oxygens (including phenoxy) is 1. The molecule has 128 valence electrons. The van der Waals surface area contributed by atoms with Crippen LogP contribution in [0.5, 0.6) is 5.88 Å². The van der Waals surface area contributed by atoms with Gasteiger partial charge in [-0.15, -0.1) is 0 Å². The molecule has 1 aliphatic heterocycles. The molecule has 7 nitrogen and oxygen atoms in total. The summed E-state index contributed by atoms with van der Waals surface area (Å²) in [6.45, 7) is 9.82. The van der Waals surface area contributed by atoms with E-state index in [-0.39, 0.29) is 0 Å². The van der Waals surface area contributed by atoms with Crippen molar-refractivity contribution in [3.05, 3.63) is 30.0 Å². The number of aryl methyl sites for hydroxylation is 1. The van der Waals surface area contributed by atoms with Gasteiger partial charge in [0.1, 0.15) is 11.6 Å². The van der Waals surface area contributed by atoms with Crippen molar-refractivity contribution in [2.24, 2.45) is 0 Å². The molecule has 0 aliphatic carbocycles. The highest BCUT2D eigenvalue weighted by atomic mass is 16.5. The van der Waals surface area contributed by atoms with E-state index in [1.54, 1.807) is 19.5 Å². The quantitative estimate of drug-likeness (QED) is 0.850. The van der Waals surface area contributed by atoms with E-state index in [1.165, 1.54) is 0 Å². The van der Waals surface area contributed by atoms with Crippen molar-refractivity contribution >= 4 is 11.6 Å². The van der Waals surface area contributed by atoms with Crippen LogP contribution >= 0.6 is 0 Å². The second-order valence-electron chi connectivity index (χ2n) is 6.27. The number of piperazine rings is 1. The lowest BCUT2D eigenvalue weighted by molar-refractivity contribution is 0.395. The Morgan fingerprint density at radius 1 is 0.958 bits per heavy atom. The van der Waals surface area contributed by atoms with Gasteiger partial charge >= 0.3 is 0 Å². The van der Waals surface area contributed by atoms with Gasteiger partial charge in [0.15, 0.2) is 5.82 Å². The molecule has 0 unspecified atom stereocenters. The average Bonchev–Trinajstić information content (AvgIpc) is 2.61. The summed E-state index contributed by atoms with van der Waals surface area (Å²) in [5.74, 6) is 3.66. The molecule has 0 saturated carbocycles. The minimum absolute atomic E-state index is 0.331. The van der Waals surface area contributed by atoms with E-state index in [9.17, 15) is 0 Å². The fourth-order valence-corrected chi connectivity index (χ4v) is 2.75. The normalized spacial score (nSPS) is 15.0. The monoisotopic (exact) mass is 328 g/mol. The van der Waals surface area contributed by atoms with Gasteiger partial charge in [0, 0.05) is 43.9 Å². The summed E-state index contributed by atoms with van der Waals surface area (Å²) in [5, 5.41) is 0. The highest BCUT2D eigenvalue weighted by Crippen LogP contribution is 2.21. The molecule has 24 heavy (non-hydrogen) atoms. The zero-order valence-corrected chi connectivity index (χ0v) is 14.7. The Labute approximate surface area is 142 Å². The van der Waals surface area contributed by atoms with E-state index in [0.717, 1.165) is 49.3 Å². The van der Waals surface area contributed by atoms with Crippen LogP contribution in [0.2, 0.25) is 0 Å². The van der Waals surface area contributed by atoms with Gasteiger partial charge in [-0.1, -0.05) is 13.8 Å². The van der Waals surface area contributed by atoms with Crippen molar-refractivity contribution in [2.75, 3.05) is 43.1 Å². The number of methoxy groups -OCH3 is 1. The molecule has 1 saturated heterocycles. The van der Waals surface area contributed by atoms with Crippen LogP contribution in [0.1, 0.15) is 31.3 Å². The van der Waals surface area contributed by atoms with E-state index < -0.39 is 0 Å². The highest BCUT2D eigenvalue weighted by molar-refractivity contribution is 5.45. The van der Waals surface area contributed by atoms with E-state index in [0.29, 0.717) is 11.8 Å². The number of hydrogen-bond acceptors (Lipinski definition) is 7. The molecular formula is C17H24N6O. The Morgan fingerprint density at radius 2 is 1.62 bits per heavy atom. The molecular weight excluding hydrogens is 304 g/mol. The van der Waals surface area contributed by atoms with Crippen molar-refractivity contribution in [1.82, 2.24) is 19.9 Å². The highest BCUT2D eigenvalue weighted by Gasteiger charge is 2.21. The van der Waals surface area contributed by atoms with Crippen molar-refractivity contribution in [3.8, 4) is 5.88 Å². The third-order valence-electron chi connectivity index (χ3n) is 4.11. The van der Waals surface area contributed by atoms with Crippen LogP contribution in [0.3, 0.4) is 0 Å². The van der Waals surface area contributed by atoms with Crippen LogP contribution in [0.4, 0.5) is 11.6 Å². The van der Waals surface area contributed by atoms with Crippen LogP contribution in [0, 0.1) is 6.92 Å². The number of hydrogen-bond donors (Lipinski definition) is 0. The largest absolute Gasteiger partial charge is 0.480 e. The summed E-state index contributed by atoms with van der Waals surface area (Å²) in [4.78, 5) is 22.4. The zero-order valence-electron chi connectivity index (χ0n) is 14.7. The predicted octanol–water partition coefficient (Wildman–Crippen LogP) is 2.03. The van der Waals surface area contributed by atoms with E-state index in [1.807, 2.05) is 6.92 Å². The number of nitrogens with zero attached hydrogens (tertiary/aromatic N) is 6. The molecule has 0 aromatic carbocycles. The Balaban J connectivity index is 1.71. The summed E-state index contributed by atoms with van der Waals surface area (Å²) in [6.07, 6.45) is 3.40. The Kier molecular flexibility index (Phi) is 4.78. The molecule has 7 heteroatoms. The fourth-order valence-electron chi connectivity index (χ4n) is 2.75. The maximum Gasteiger partial charge on any atom is 0.233 e. The van der Waals surface area contributed by atoms with E-state index in [2.05, 4.69) is 44.7 Å². The van der Waals surface area contributed by atoms with Gasteiger partial charge in [-0.05, 0) is 6.92 Å². The molecule has 0 bridgehead atoms. The molecule has 3 rings (SSSR count). The average molecular weight is 328 g/mol. The van der Waals surface area contributed by atoms with Gasteiger partial charge in [0.05, 0.1) is 19.5 Å². The molecule has 0 radical (unpaired) electrons. The summed E-state index contributed by atoms with van der Waals surface area (Å²) in [7, 11) is 1.61. The molecule has 2 aromatic heterocycles. The van der Waals surface area contributed by atoms with Gasteiger partial charge in [-0.2, -0.15) is 4.98 Å². The number of anilines is 2. The maximum atomic E-state index is 5.16. The molecule has 2 aromatic rings. The fraction of sp³-hybridized carbons (Fsp3) is 0.529. The Morgan fingerprint density at radius 3 is 2.25 bits per heavy atom. The zero-order chi connectivity index (χ0) is 17.1. The molecule has 1 fully saturated rings. The van der Waals surface area contributed by atoms with Crippen molar-refractivity contribution < 1.29 is 4.74 Å². The standard InChI is InChI=1S/C17H24N6O/c1-12(2)17-19-13(3)9-14(21-17)22-5-7-23(8-6-22)15-10-18-11-16(20-15)24-4/h9-12H,5-8H2,1-4H3. The summed E-state index contributed by atoms with van der Waals surface area (Å²) in [5.41, 5.74) is 1.02. The summed E-state index contributed by atoms with van der Waals surface area (Å²) < 4.78 is 5.16. The lowest BCUT2D eigenvalue weighted by Crippen LogP contribution is -2.47. The predicted molar refractivity (Wildman–Crippen MR) is 93.9 cm³/mol. The first-order valence-corrected chi connectivity index (χ1v) is 8.28. The smallest absolute Gasteiger partial charge is 0.233 e. The van der Waals surface area contributed by atoms with Crippen LogP contribution in [0.25, 0.3) is 0 Å². The third-order valence-corrected chi connectivity index (χ3v) is 4.11. The van der Waals surface area contributed by atoms with E-state index >= 15 is 0 Å². The first kappa shape index (κ1) is 16.4. The first-order valence-electron chi connectivity index (χ1n) is 8.28. The van der Waals surface area contributed by atoms with Gasteiger partial charge in [0.2, 0.25) is 5.88 Å². The minimum Gasteiger partial charge on any atom is -0.480 e. The van der Waals surface area contributed by atoms with Gasteiger partial charge < -0.3 is 14.5 Å². The summed E-state index contributed by atoms with van der Waals surface area (Å²) in [6, 6.07) is 2.06. The second-order valence-corrected chi connectivity index (χ2v) is 6.27. The number of aromatic nitrogens is 4. The van der Waals surface area contributed by atoms with Crippen LogP contribution in [-0.4, -0.2) is 53.2 Å². The Hall–Kier alpha value is -2.44. The van der Waals surface area contributed by atoms with Crippen LogP contribution in [0.15, 0.2) is 18.5 Å². The van der Waals surface area contributed by atoms with Gasteiger partial charge in [0.25, 0.3) is 0 Å². The topological polar surface area (TPSA) is 67.3 Å². The molecule has 3 heterocycles. The van der Waals surface area contributed by atoms with Crippen molar-refractivity contribution in [3.63, 3.8) is 0 Å². The molecule has 0 N–H and O–H groups in total. The molecule has 0 amide bonds. The first-order chi connectivity index (χ1) is 11.6. The SMILES string of the molecule is COc1cncc(N2CCN(c3cc(C)nc(C(C)C)n3)CC2)n1. The van der Waals surface area contributed by atoms with Gasteiger partial charge in [-0.3, -0.25) is 4.98 Å². The molecule has 0 spiro atoms. The lowest BCUT2D eigenvalue weighted by Gasteiger charge is -2.36. The number of rotatable bonds is 4. The van der Waals surface area contributed by atoms with Gasteiger partial charge in [-0.25, -0.2) is 9.97 Å². The molecule has 1 aliphatic rings. The van der Waals surface area contributed by atoms with Crippen LogP contribution < -0.4 is 14.5 Å².